The molecule has 1 amide bonds. The van der Waals surface area contributed by atoms with Gasteiger partial charge in [-0.3, -0.25) is 9.69 Å². The second-order valence-corrected chi connectivity index (χ2v) is 7.23. The quantitative estimate of drug-likeness (QED) is 0.505. The van der Waals surface area contributed by atoms with Gasteiger partial charge in [0.1, 0.15) is 5.75 Å². The van der Waals surface area contributed by atoms with Crippen molar-refractivity contribution in [2.75, 3.05) is 26.9 Å². The lowest BCUT2D eigenvalue weighted by Gasteiger charge is -2.15. The second-order valence-electron chi connectivity index (χ2n) is 6.22. The highest BCUT2D eigenvalue weighted by Gasteiger charge is 2.33. The van der Waals surface area contributed by atoms with Crippen molar-refractivity contribution in [3.05, 3.63) is 64.6 Å². The fourth-order valence-electron chi connectivity index (χ4n) is 2.78. The van der Waals surface area contributed by atoms with Crippen molar-refractivity contribution >= 4 is 34.6 Å². The van der Waals surface area contributed by atoms with Crippen LogP contribution in [0.5, 0.6) is 5.75 Å². The van der Waals surface area contributed by atoms with Crippen LogP contribution < -0.4 is 4.74 Å². The van der Waals surface area contributed by atoms with Crippen LogP contribution in [-0.2, 0) is 9.53 Å². The monoisotopic (exact) mass is 396 g/mol. The first-order valence-corrected chi connectivity index (χ1v) is 10.0. The van der Waals surface area contributed by atoms with Crippen LogP contribution in [0.15, 0.2) is 58.4 Å². The molecule has 0 radical (unpaired) electrons. The minimum absolute atomic E-state index is 0.0467. The van der Waals surface area contributed by atoms with Crippen molar-refractivity contribution in [1.82, 2.24) is 4.90 Å². The van der Waals surface area contributed by atoms with Gasteiger partial charge in [-0.25, -0.2) is 4.99 Å². The van der Waals surface area contributed by atoms with E-state index in [0.29, 0.717) is 29.8 Å². The van der Waals surface area contributed by atoms with Gasteiger partial charge in [0.15, 0.2) is 5.17 Å². The zero-order valence-corrected chi connectivity index (χ0v) is 17.2. The number of carbonyl (C=O) groups excluding carboxylic acids is 1. The number of aryl methyl sites for hydroxylation is 1. The standard InChI is InChI=1S/C22H24N2O3S/c1-4-27-13-12-24-21(25)20(15-17-10-11-19(26-3)14-16(17)2)28-22(24)23-18-8-6-5-7-9-18/h5-11,14-15H,4,12-13H2,1-3H3/b20-15-,23-22?. The summed E-state index contributed by atoms with van der Waals surface area (Å²) in [5.74, 6) is 0.754. The highest BCUT2D eigenvalue weighted by atomic mass is 32.2. The summed E-state index contributed by atoms with van der Waals surface area (Å²) >= 11 is 1.39. The number of hydrogen-bond donors (Lipinski definition) is 0. The van der Waals surface area contributed by atoms with E-state index in [2.05, 4.69) is 4.99 Å². The number of amidine groups is 1. The fraction of sp³-hybridized carbons (Fsp3) is 0.273. The first-order chi connectivity index (χ1) is 13.6. The number of rotatable bonds is 7. The number of aliphatic imine (C=N–C) groups is 1. The number of hydrogen-bond acceptors (Lipinski definition) is 5. The average Bonchev–Trinajstić information content (AvgIpc) is 2.99. The molecule has 5 nitrogen and oxygen atoms in total. The molecule has 2 aromatic rings. The summed E-state index contributed by atoms with van der Waals surface area (Å²) in [4.78, 5) is 20.0. The molecule has 0 aromatic heterocycles. The number of benzene rings is 2. The molecule has 146 valence electrons. The molecule has 0 aliphatic carbocycles. The molecule has 1 fully saturated rings. The van der Waals surface area contributed by atoms with Crippen molar-refractivity contribution in [2.45, 2.75) is 13.8 Å². The first-order valence-electron chi connectivity index (χ1n) is 9.20. The van der Waals surface area contributed by atoms with E-state index in [1.54, 1.807) is 12.0 Å². The molecule has 0 atom stereocenters. The summed E-state index contributed by atoms with van der Waals surface area (Å²) in [6.07, 6.45) is 1.92. The lowest BCUT2D eigenvalue weighted by molar-refractivity contribution is -0.122. The van der Waals surface area contributed by atoms with Gasteiger partial charge in [0.2, 0.25) is 0 Å². The lowest BCUT2D eigenvalue weighted by Crippen LogP contribution is -2.32. The van der Waals surface area contributed by atoms with E-state index in [1.807, 2.05) is 68.5 Å². The van der Waals surface area contributed by atoms with Crippen LogP contribution in [0.1, 0.15) is 18.1 Å². The molecule has 0 spiro atoms. The molecule has 2 aromatic carbocycles. The normalized spacial score (nSPS) is 17.0. The lowest BCUT2D eigenvalue weighted by atomic mass is 10.1. The molecule has 0 saturated carbocycles. The zero-order chi connectivity index (χ0) is 19.9. The molecule has 1 heterocycles. The topological polar surface area (TPSA) is 51.1 Å². The molecule has 0 bridgehead atoms. The maximum absolute atomic E-state index is 13.0. The van der Waals surface area contributed by atoms with Crippen LogP contribution in [0.2, 0.25) is 0 Å². The second kappa shape index (κ2) is 9.57. The van der Waals surface area contributed by atoms with Crippen LogP contribution >= 0.6 is 11.8 Å². The molecule has 3 rings (SSSR count). The SMILES string of the molecule is CCOCCN1C(=O)/C(=C/c2ccc(OC)cc2C)SC1=Nc1ccccc1. The molecule has 1 aliphatic heterocycles. The predicted molar refractivity (Wildman–Crippen MR) is 115 cm³/mol. The zero-order valence-electron chi connectivity index (χ0n) is 16.3. The van der Waals surface area contributed by atoms with E-state index in [9.17, 15) is 4.79 Å². The van der Waals surface area contributed by atoms with Gasteiger partial charge < -0.3 is 9.47 Å². The summed E-state index contributed by atoms with van der Waals surface area (Å²) in [6, 6.07) is 15.5. The molecule has 6 heteroatoms. The Labute approximate surface area is 170 Å². The van der Waals surface area contributed by atoms with Crippen molar-refractivity contribution < 1.29 is 14.3 Å². The van der Waals surface area contributed by atoms with Crippen LogP contribution in [-0.4, -0.2) is 42.8 Å². The Morgan fingerprint density at radius 1 is 1.18 bits per heavy atom. The van der Waals surface area contributed by atoms with Gasteiger partial charge in [-0.2, -0.15) is 0 Å². The highest BCUT2D eigenvalue weighted by Crippen LogP contribution is 2.34. The maximum Gasteiger partial charge on any atom is 0.266 e. The van der Waals surface area contributed by atoms with E-state index in [-0.39, 0.29) is 5.91 Å². The van der Waals surface area contributed by atoms with Crippen molar-refractivity contribution in [2.24, 2.45) is 4.99 Å². The van der Waals surface area contributed by atoms with E-state index < -0.39 is 0 Å². The Morgan fingerprint density at radius 3 is 2.64 bits per heavy atom. The van der Waals surface area contributed by atoms with E-state index in [4.69, 9.17) is 9.47 Å². The Hall–Kier alpha value is -2.57. The highest BCUT2D eigenvalue weighted by molar-refractivity contribution is 8.18. The summed E-state index contributed by atoms with van der Waals surface area (Å²) in [6.45, 7) is 5.52. The van der Waals surface area contributed by atoms with Gasteiger partial charge >= 0.3 is 0 Å². The van der Waals surface area contributed by atoms with E-state index in [1.165, 1.54) is 11.8 Å². The Balaban J connectivity index is 1.91. The minimum Gasteiger partial charge on any atom is -0.497 e. The fourth-order valence-corrected chi connectivity index (χ4v) is 3.80. The summed E-state index contributed by atoms with van der Waals surface area (Å²) in [7, 11) is 1.64. The van der Waals surface area contributed by atoms with Crippen LogP contribution in [0.25, 0.3) is 6.08 Å². The Kier molecular flexibility index (Phi) is 6.90. The number of para-hydroxylation sites is 1. The van der Waals surface area contributed by atoms with Crippen molar-refractivity contribution in [1.29, 1.82) is 0 Å². The first kappa shape index (κ1) is 20.2. The van der Waals surface area contributed by atoms with E-state index in [0.717, 1.165) is 22.6 Å². The molecular weight excluding hydrogens is 372 g/mol. The number of carbonyl (C=O) groups is 1. The summed E-state index contributed by atoms with van der Waals surface area (Å²) < 4.78 is 10.7. The molecule has 1 saturated heterocycles. The van der Waals surface area contributed by atoms with Gasteiger partial charge in [0, 0.05) is 6.61 Å². The third-order valence-corrected chi connectivity index (χ3v) is 5.30. The van der Waals surface area contributed by atoms with Crippen molar-refractivity contribution in [3.8, 4) is 5.75 Å². The maximum atomic E-state index is 13.0. The molecule has 0 N–H and O–H groups in total. The Bertz CT molecular complexity index is 894. The van der Waals surface area contributed by atoms with Gasteiger partial charge in [0.25, 0.3) is 5.91 Å². The predicted octanol–water partition coefficient (Wildman–Crippen LogP) is 4.64. The van der Waals surface area contributed by atoms with Crippen LogP contribution in [0, 0.1) is 6.92 Å². The number of thioether (sulfide) groups is 1. The molecule has 28 heavy (non-hydrogen) atoms. The van der Waals surface area contributed by atoms with Crippen LogP contribution in [0.3, 0.4) is 0 Å². The van der Waals surface area contributed by atoms with Gasteiger partial charge in [-0.15, -0.1) is 0 Å². The third-order valence-electron chi connectivity index (χ3n) is 4.30. The van der Waals surface area contributed by atoms with Crippen LogP contribution in [0.4, 0.5) is 5.69 Å². The third kappa shape index (κ3) is 4.82. The van der Waals surface area contributed by atoms with Gasteiger partial charge in [-0.05, 0) is 67.1 Å². The molecular formula is C22H24N2O3S. The molecule has 0 unspecified atom stereocenters. The van der Waals surface area contributed by atoms with E-state index >= 15 is 0 Å². The van der Waals surface area contributed by atoms with Gasteiger partial charge in [-0.1, -0.05) is 24.3 Å². The average molecular weight is 397 g/mol. The summed E-state index contributed by atoms with van der Waals surface area (Å²) in [5.41, 5.74) is 2.86. The summed E-state index contributed by atoms with van der Waals surface area (Å²) in [5, 5.41) is 0.674. The van der Waals surface area contributed by atoms with Gasteiger partial charge in [0.05, 0.1) is 30.9 Å². The number of amides is 1. The smallest absolute Gasteiger partial charge is 0.266 e. The largest absolute Gasteiger partial charge is 0.497 e. The Morgan fingerprint density at radius 2 is 1.96 bits per heavy atom. The number of nitrogens with zero attached hydrogens (tertiary/aromatic N) is 2. The molecule has 1 aliphatic rings. The van der Waals surface area contributed by atoms with Crippen molar-refractivity contribution in [3.63, 3.8) is 0 Å². The minimum atomic E-state index is -0.0467. The number of methoxy groups -OCH3 is 1. The number of ether oxygens (including phenoxy) is 2.